The summed E-state index contributed by atoms with van der Waals surface area (Å²) >= 11 is 0. The molecule has 8 nitrogen and oxygen atoms in total. The quantitative estimate of drug-likeness (QED) is 0.379. The maximum Gasteiger partial charge on any atom is 0.331 e. The summed E-state index contributed by atoms with van der Waals surface area (Å²) in [6, 6.07) is 0.161. The van der Waals surface area contributed by atoms with Crippen molar-refractivity contribution in [1.82, 2.24) is 20.9 Å². The van der Waals surface area contributed by atoms with Crippen molar-refractivity contribution >= 4 is 17.9 Å². The van der Waals surface area contributed by atoms with Crippen LogP contribution in [0.2, 0.25) is 0 Å². The van der Waals surface area contributed by atoms with E-state index in [9.17, 15) is 14.4 Å². The van der Waals surface area contributed by atoms with Crippen molar-refractivity contribution in [3.63, 3.8) is 0 Å². The number of piperazine rings is 1. The van der Waals surface area contributed by atoms with Crippen LogP contribution in [0, 0.1) is 34.5 Å². The number of carbonyl (C=O) groups excluding carboxylic acids is 3. The normalized spacial score (nSPS) is 40.6. The Morgan fingerprint density at radius 1 is 1.18 bits per heavy atom. The number of carbonyl (C=O) groups is 3. The summed E-state index contributed by atoms with van der Waals surface area (Å²) in [5, 5.41) is 9.11. The van der Waals surface area contributed by atoms with Crippen LogP contribution in [0.3, 0.4) is 0 Å². The van der Waals surface area contributed by atoms with Gasteiger partial charge in [0.15, 0.2) is 0 Å². The van der Waals surface area contributed by atoms with Gasteiger partial charge in [0, 0.05) is 38.3 Å². The molecule has 208 valence electrons. The second kappa shape index (κ2) is 10.00. The predicted octanol–water partition coefficient (Wildman–Crippen LogP) is 3.15. The van der Waals surface area contributed by atoms with E-state index in [1.54, 1.807) is 11.6 Å². The molecular weight excluding hydrogens is 480 g/mol. The highest BCUT2D eigenvalue weighted by atomic mass is 16.5. The van der Waals surface area contributed by atoms with Crippen LogP contribution >= 0.6 is 0 Å². The molecule has 3 amide bonds. The summed E-state index contributed by atoms with van der Waals surface area (Å²) in [5.41, 5.74) is 3.37. The molecule has 2 aliphatic heterocycles. The first-order chi connectivity index (χ1) is 18.3. The van der Waals surface area contributed by atoms with Gasteiger partial charge in [-0.2, -0.15) is 0 Å². The molecule has 0 spiro atoms. The number of fused-ring (bicyclic) bond motifs is 5. The average molecular weight is 525 g/mol. The Morgan fingerprint density at radius 2 is 2.05 bits per heavy atom. The summed E-state index contributed by atoms with van der Waals surface area (Å²) in [7, 11) is 0. The molecule has 0 aromatic carbocycles. The maximum atomic E-state index is 12.6. The number of hydrogen-bond acceptors (Lipinski definition) is 5. The molecule has 4 fully saturated rings. The Kier molecular flexibility index (Phi) is 6.81. The highest BCUT2D eigenvalue weighted by molar-refractivity contribution is 5.85. The third-order valence-electron chi connectivity index (χ3n) is 11.4. The van der Waals surface area contributed by atoms with Crippen molar-refractivity contribution in [1.29, 1.82) is 0 Å². The Bertz CT molecular complexity index is 1050. The molecule has 0 aromatic heterocycles. The number of cyclic esters (lactones) is 1. The molecule has 8 heteroatoms. The van der Waals surface area contributed by atoms with Gasteiger partial charge in [-0.3, -0.25) is 9.69 Å². The van der Waals surface area contributed by atoms with Crippen LogP contribution < -0.4 is 16.0 Å². The van der Waals surface area contributed by atoms with Gasteiger partial charge in [-0.05, 0) is 91.4 Å². The first kappa shape index (κ1) is 25.9. The van der Waals surface area contributed by atoms with Crippen LogP contribution in [0.15, 0.2) is 23.3 Å². The second-order valence-corrected chi connectivity index (χ2v) is 13.2. The molecular formula is C30H44N4O4. The molecule has 3 N–H and O–H groups in total. The molecule has 0 aromatic rings. The fourth-order valence-corrected chi connectivity index (χ4v) is 9.32. The van der Waals surface area contributed by atoms with Gasteiger partial charge in [-0.25, -0.2) is 9.59 Å². The topological polar surface area (TPSA) is 99.8 Å². The van der Waals surface area contributed by atoms with Crippen molar-refractivity contribution < 1.29 is 19.1 Å². The monoisotopic (exact) mass is 524 g/mol. The van der Waals surface area contributed by atoms with Crippen molar-refractivity contribution in [2.24, 2.45) is 34.5 Å². The molecule has 0 unspecified atom stereocenters. The first-order valence-electron chi connectivity index (χ1n) is 14.9. The number of amides is 3. The Morgan fingerprint density at radius 3 is 2.84 bits per heavy atom. The Balaban J connectivity index is 1.03. The van der Waals surface area contributed by atoms with Gasteiger partial charge in [0.1, 0.15) is 6.61 Å². The van der Waals surface area contributed by atoms with E-state index in [-0.39, 0.29) is 29.4 Å². The summed E-state index contributed by atoms with van der Waals surface area (Å²) in [6.45, 7) is 8.66. The van der Waals surface area contributed by atoms with E-state index in [1.165, 1.54) is 37.7 Å². The molecule has 38 heavy (non-hydrogen) atoms. The fourth-order valence-electron chi connectivity index (χ4n) is 9.32. The van der Waals surface area contributed by atoms with Gasteiger partial charge in [0.05, 0.1) is 6.54 Å². The number of ether oxygens (including phenoxy) is 1. The maximum absolute atomic E-state index is 12.6. The molecule has 3 saturated carbocycles. The number of hydrogen-bond donors (Lipinski definition) is 3. The molecule has 6 rings (SSSR count). The SMILES string of the molecule is C[C@]12CC[C@H](NC(=O)NCCN3CCNC(=O)C3)C[C@H]1CC[C@H]1C3=CC[C@H](C4=CC(=O)OC4)[C@@]3(C)CC[C@@H]12. The standard InChI is InChI=1S/C30H44N4O4/c1-29-9-7-21(33-28(37)32-12-14-34-13-11-31-26(35)17-34)16-20(29)3-4-22-24-6-5-23(19-15-27(36)38-18-19)30(24,2)10-8-25(22)29/h6,15,20-23,25H,3-5,7-14,16-18H2,1-2H3,(H,31,35)(H2,32,33,37)/t20-,21+,22+,23-,25+,29+,30-/m1/s1. The Hall–Kier alpha value is -2.35. The molecule has 0 bridgehead atoms. The molecule has 1 saturated heterocycles. The largest absolute Gasteiger partial charge is 0.458 e. The van der Waals surface area contributed by atoms with Crippen LogP contribution in [0.1, 0.15) is 65.2 Å². The molecule has 2 heterocycles. The van der Waals surface area contributed by atoms with Gasteiger partial charge in [-0.1, -0.05) is 25.5 Å². The number of esters is 1. The van der Waals surface area contributed by atoms with Crippen molar-refractivity contribution in [2.75, 3.05) is 39.3 Å². The van der Waals surface area contributed by atoms with Gasteiger partial charge < -0.3 is 20.7 Å². The molecule has 0 radical (unpaired) electrons. The summed E-state index contributed by atoms with van der Waals surface area (Å²) in [4.78, 5) is 38.0. The fraction of sp³-hybridized carbons (Fsp3) is 0.767. The first-order valence-corrected chi connectivity index (χ1v) is 14.9. The Labute approximate surface area is 226 Å². The second-order valence-electron chi connectivity index (χ2n) is 13.2. The van der Waals surface area contributed by atoms with Crippen LogP contribution in [0.5, 0.6) is 0 Å². The summed E-state index contributed by atoms with van der Waals surface area (Å²) in [5.74, 6) is 2.33. The zero-order chi connectivity index (χ0) is 26.5. The number of rotatable bonds is 5. The zero-order valence-corrected chi connectivity index (χ0v) is 23.0. The smallest absolute Gasteiger partial charge is 0.331 e. The number of allylic oxidation sites excluding steroid dienone is 2. The van der Waals surface area contributed by atoms with E-state index in [0.717, 1.165) is 25.8 Å². The van der Waals surface area contributed by atoms with Crippen LogP contribution in [0.4, 0.5) is 4.79 Å². The van der Waals surface area contributed by atoms with E-state index in [1.807, 2.05) is 0 Å². The van der Waals surface area contributed by atoms with E-state index in [4.69, 9.17) is 4.74 Å². The minimum Gasteiger partial charge on any atom is -0.458 e. The summed E-state index contributed by atoms with van der Waals surface area (Å²) in [6.07, 6.45) is 13.6. The van der Waals surface area contributed by atoms with Crippen LogP contribution in [0.25, 0.3) is 0 Å². The van der Waals surface area contributed by atoms with Crippen molar-refractivity contribution in [3.8, 4) is 0 Å². The summed E-state index contributed by atoms with van der Waals surface area (Å²) < 4.78 is 5.28. The van der Waals surface area contributed by atoms with Crippen LogP contribution in [-0.4, -0.2) is 68.2 Å². The van der Waals surface area contributed by atoms with Gasteiger partial charge in [-0.15, -0.1) is 0 Å². The van der Waals surface area contributed by atoms with Gasteiger partial charge >= 0.3 is 12.0 Å². The molecule has 7 atom stereocenters. The lowest BCUT2D eigenvalue weighted by molar-refractivity contribution is -0.135. The van der Waals surface area contributed by atoms with Crippen molar-refractivity contribution in [2.45, 2.75) is 71.3 Å². The third-order valence-corrected chi connectivity index (χ3v) is 11.4. The van der Waals surface area contributed by atoms with E-state index in [0.29, 0.717) is 61.9 Å². The third kappa shape index (κ3) is 4.56. The van der Waals surface area contributed by atoms with Crippen LogP contribution in [-0.2, 0) is 14.3 Å². The number of nitrogens with one attached hydrogen (secondary N) is 3. The zero-order valence-electron chi connectivity index (χ0n) is 23.0. The average Bonchev–Trinajstić information content (AvgIpc) is 3.46. The lowest BCUT2D eigenvalue weighted by Gasteiger charge is -2.60. The minimum atomic E-state index is -0.172. The highest BCUT2D eigenvalue weighted by Gasteiger charge is 2.58. The van der Waals surface area contributed by atoms with E-state index >= 15 is 0 Å². The number of urea groups is 1. The van der Waals surface area contributed by atoms with Gasteiger partial charge in [0.2, 0.25) is 5.91 Å². The van der Waals surface area contributed by atoms with Gasteiger partial charge in [0.25, 0.3) is 0 Å². The minimum absolute atomic E-state index is 0.0598. The molecule has 6 aliphatic rings. The molecule has 4 aliphatic carbocycles. The van der Waals surface area contributed by atoms with E-state index in [2.05, 4.69) is 40.8 Å². The lowest BCUT2D eigenvalue weighted by Crippen LogP contribution is -2.55. The predicted molar refractivity (Wildman–Crippen MR) is 144 cm³/mol. The lowest BCUT2D eigenvalue weighted by atomic mass is 9.45. The number of nitrogens with zero attached hydrogens (tertiary/aromatic N) is 1. The van der Waals surface area contributed by atoms with E-state index < -0.39 is 0 Å². The highest BCUT2D eigenvalue weighted by Crippen LogP contribution is 2.66. The van der Waals surface area contributed by atoms with Crippen molar-refractivity contribution in [3.05, 3.63) is 23.3 Å².